The first kappa shape index (κ1) is 27.4. The van der Waals surface area contributed by atoms with Crippen LogP contribution in [0.4, 0.5) is 0 Å². The van der Waals surface area contributed by atoms with E-state index in [1.165, 1.54) is 0 Å². The van der Waals surface area contributed by atoms with E-state index < -0.39 is 5.54 Å². The first-order valence-corrected chi connectivity index (χ1v) is 14.7. The molecule has 0 N–H and O–H groups in total. The minimum Gasteiger partial charge on any atom is -0.378 e. The van der Waals surface area contributed by atoms with Crippen LogP contribution in [0.15, 0.2) is 128 Å². The van der Waals surface area contributed by atoms with Gasteiger partial charge >= 0.3 is 0 Å². The second-order valence-corrected chi connectivity index (χ2v) is 10.8. The fraction of sp³-hybridized carbons (Fsp3) is 0.135. The van der Waals surface area contributed by atoms with E-state index in [1.807, 2.05) is 88.7 Å². The number of fused-ring (bicyclic) bond motifs is 1. The van der Waals surface area contributed by atoms with Gasteiger partial charge in [-0.3, -0.25) is 14.3 Å². The molecule has 1 aliphatic rings. The molecule has 7 rings (SSSR count). The van der Waals surface area contributed by atoms with Crippen LogP contribution in [0.25, 0.3) is 22.0 Å². The summed E-state index contributed by atoms with van der Waals surface area (Å²) in [5.74, 6) is -0.0486. The molecule has 0 radical (unpaired) electrons. The molecule has 216 valence electrons. The summed E-state index contributed by atoms with van der Waals surface area (Å²) in [4.78, 5) is 31.7. The van der Waals surface area contributed by atoms with Gasteiger partial charge < -0.3 is 9.64 Å². The first-order chi connectivity index (χ1) is 21.7. The maximum atomic E-state index is 13.4. The Labute approximate surface area is 255 Å². The summed E-state index contributed by atoms with van der Waals surface area (Å²) in [7, 11) is 0. The van der Waals surface area contributed by atoms with Crippen LogP contribution < -0.4 is 0 Å². The Kier molecular flexibility index (Phi) is 7.30. The molecule has 1 amide bonds. The molecule has 1 aliphatic heterocycles. The Bertz CT molecular complexity index is 1840. The standard InChI is InChI=1S/C37H30N4O3/c42-26-32-23-33(34-22-27(16-17-35(34)39-32)36(43)40-18-20-44-21-19-40)28-24-38-41(25-28)37(29-10-4-1-5-11-29,30-12-6-2-7-13-30)31-14-8-3-9-15-31/h1-17,22-26H,18-21H2. The normalized spacial score (nSPS) is 13.6. The number of amides is 1. The maximum absolute atomic E-state index is 13.4. The fourth-order valence-corrected chi connectivity index (χ4v) is 6.21. The van der Waals surface area contributed by atoms with Crippen LogP contribution in [0, 0.1) is 0 Å². The lowest BCUT2D eigenvalue weighted by Crippen LogP contribution is -2.40. The highest BCUT2D eigenvalue weighted by molar-refractivity contribution is 6.03. The molecule has 2 aromatic heterocycles. The summed E-state index contributed by atoms with van der Waals surface area (Å²) in [5, 5.41) is 5.78. The summed E-state index contributed by atoms with van der Waals surface area (Å²) in [5.41, 5.74) is 5.49. The number of nitrogens with zero attached hydrogens (tertiary/aromatic N) is 4. The minimum absolute atomic E-state index is 0.0486. The van der Waals surface area contributed by atoms with Crippen LogP contribution in [0.1, 0.15) is 37.5 Å². The molecule has 0 aliphatic carbocycles. The molecule has 7 nitrogen and oxygen atoms in total. The Hall–Kier alpha value is -5.40. The van der Waals surface area contributed by atoms with Crippen LogP contribution in [0.5, 0.6) is 0 Å². The zero-order chi connectivity index (χ0) is 29.9. The Morgan fingerprint density at radius 2 is 1.36 bits per heavy atom. The highest BCUT2D eigenvalue weighted by atomic mass is 16.5. The van der Waals surface area contributed by atoms with Crippen molar-refractivity contribution < 1.29 is 14.3 Å². The Balaban J connectivity index is 1.43. The Morgan fingerprint density at radius 3 is 1.93 bits per heavy atom. The largest absolute Gasteiger partial charge is 0.378 e. The molecule has 1 saturated heterocycles. The topological polar surface area (TPSA) is 77.3 Å². The predicted octanol–water partition coefficient (Wildman–Crippen LogP) is 6.22. The van der Waals surface area contributed by atoms with Gasteiger partial charge in [0.15, 0.2) is 6.29 Å². The van der Waals surface area contributed by atoms with Crippen molar-refractivity contribution in [2.45, 2.75) is 5.54 Å². The zero-order valence-corrected chi connectivity index (χ0v) is 24.0. The van der Waals surface area contributed by atoms with Gasteiger partial charge in [0, 0.05) is 35.8 Å². The van der Waals surface area contributed by atoms with E-state index in [-0.39, 0.29) is 5.91 Å². The van der Waals surface area contributed by atoms with Crippen LogP contribution in [-0.4, -0.2) is 58.2 Å². The number of rotatable bonds is 7. The number of carbonyl (C=O) groups is 2. The lowest BCUT2D eigenvalue weighted by atomic mass is 9.77. The zero-order valence-electron chi connectivity index (χ0n) is 24.0. The monoisotopic (exact) mass is 578 g/mol. The molecule has 6 aromatic rings. The number of pyridine rings is 1. The van der Waals surface area contributed by atoms with E-state index in [9.17, 15) is 9.59 Å². The number of ether oxygens (including phenoxy) is 1. The van der Waals surface area contributed by atoms with E-state index >= 15 is 0 Å². The molecule has 0 bridgehead atoms. The molecule has 0 saturated carbocycles. The van der Waals surface area contributed by atoms with Gasteiger partial charge in [-0.05, 0) is 46.5 Å². The fourth-order valence-electron chi connectivity index (χ4n) is 6.21. The lowest BCUT2D eigenvalue weighted by molar-refractivity contribution is 0.0303. The number of hydrogen-bond donors (Lipinski definition) is 0. The van der Waals surface area contributed by atoms with Crippen molar-refractivity contribution >= 4 is 23.1 Å². The van der Waals surface area contributed by atoms with E-state index in [4.69, 9.17) is 9.84 Å². The first-order valence-electron chi connectivity index (χ1n) is 14.7. The highest BCUT2D eigenvalue weighted by Crippen LogP contribution is 2.41. The van der Waals surface area contributed by atoms with E-state index in [1.54, 1.807) is 12.1 Å². The van der Waals surface area contributed by atoms with Crippen molar-refractivity contribution in [3.63, 3.8) is 0 Å². The predicted molar refractivity (Wildman–Crippen MR) is 170 cm³/mol. The van der Waals surface area contributed by atoms with Crippen LogP contribution >= 0.6 is 0 Å². The third-order valence-electron chi connectivity index (χ3n) is 8.31. The van der Waals surface area contributed by atoms with Gasteiger partial charge in [-0.15, -0.1) is 0 Å². The van der Waals surface area contributed by atoms with Gasteiger partial charge in [-0.2, -0.15) is 5.10 Å². The molecule has 3 heterocycles. The molecule has 0 spiro atoms. The second kappa shape index (κ2) is 11.7. The minimum atomic E-state index is -0.782. The van der Waals surface area contributed by atoms with Crippen LogP contribution in [0.2, 0.25) is 0 Å². The van der Waals surface area contributed by atoms with Crippen LogP contribution in [-0.2, 0) is 10.3 Å². The summed E-state index contributed by atoms with van der Waals surface area (Å²) < 4.78 is 7.44. The number of aldehydes is 1. The number of morpholine rings is 1. The van der Waals surface area contributed by atoms with Crippen molar-refractivity contribution in [1.29, 1.82) is 0 Å². The smallest absolute Gasteiger partial charge is 0.254 e. The second-order valence-electron chi connectivity index (χ2n) is 10.8. The van der Waals surface area contributed by atoms with E-state index in [0.29, 0.717) is 43.1 Å². The third kappa shape index (κ3) is 4.77. The highest BCUT2D eigenvalue weighted by Gasteiger charge is 2.39. The molecular weight excluding hydrogens is 548 g/mol. The van der Waals surface area contributed by atoms with Crippen molar-refractivity contribution in [3.8, 4) is 11.1 Å². The molecule has 4 aromatic carbocycles. The summed E-state index contributed by atoms with van der Waals surface area (Å²) in [6, 6.07) is 38.3. The number of hydrogen-bond acceptors (Lipinski definition) is 5. The van der Waals surface area contributed by atoms with Gasteiger partial charge in [-0.25, -0.2) is 4.98 Å². The quantitative estimate of drug-likeness (QED) is 0.166. The molecule has 0 atom stereocenters. The number of benzene rings is 4. The van der Waals surface area contributed by atoms with E-state index in [2.05, 4.69) is 41.4 Å². The van der Waals surface area contributed by atoms with Gasteiger partial charge in [0.1, 0.15) is 11.2 Å². The third-order valence-corrected chi connectivity index (χ3v) is 8.31. The van der Waals surface area contributed by atoms with Crippen molar-refractivity contribution in [1.82, 2.24) is 19.7 Å². The SMILES string of the molecule is O=Cc1cc(-c2cnn(C(c3ccccc3)(c3ccccc3)c3ccccc3)c2)c2cc(C(=O)N3CCOCC3)ccc2n1. The average Bonchev–Trinajstić information content (AvgIpc) is 3.60. The molecule has 0 unspecified atom stereocenters. The van der Waals surface area contributed by atoms with Gasteiger partial charge in [-0.1, -0.05) is 91.0 Å². The van der Waals surface area contributed by atoms with E-state index in [0.717, 1.165) is 39.5 Å². The summed E-state index contributed by atoms with van der Waals surface area (Å²) in [6.45, 7) is 2.17. The molecular formula is C37H30N4O3. The molecule has 7 heteroatoms. The van der Waals surface area contributed by atoms with Gasteiger partial charge in [0.05, 0.1) is 24.9 Å². The van der Waals surface area contributed by atoms with Gasteiger partial charge in [0.25, 0.3) is 5.91 Å². The van der Waals surface area contributed by atoms with Crippen molar-refractivity contribution in [2.24, 2.45) is 0 Å². The summed E-state index contributed by atoms with van der Waals surface area (Å²) in [6.07, 6.45) is 4.60. The van der Waals surface area contributed by atoms with Crippen molar-refractivity contribution in [2.75, 3.05) is 26.3 Å². The number of carbonyl (C=O) groups excluding carboxylic acids is 2. The lowest BCUT2D eigenvalue weighted by Gasteiger charge is -2.36. The average molecular weight is 579 g/mol. The van der Waals surface area contributed by atoms with Crippen molar-refractivity contribution in [3.05, 3.63) is 156 Å². The molecule has 44 heavy (non-hydrogen) atoms. The summed E-state index contributed by atoms with van der Waals surface area (Å²) >= 11 is 0. The molecule has 1 fully saturated rings. The maximum Gasteiger partial charge on any atom is 0.254 e. The number of aromatic nitrogens is 3. The van der Waals surface area contributed by atoms with Crippen LogP contribution in [0.3, 0.4) is 0 Å². The van der Waals surface area contributed by atoms with Gasteiger partial charge in [0.2, 0.25) is 0 Å². The Morgan fingerprint density at radius 1 is 0.773 bits per heavy atom.